The van der Waals surface area contributed by atoms with Gasteiger partial charge in [-0.2, -0.15) is 0 Å². The maximum Gasteiger partial charge on any atom is 0.160 e. The van der Waals surface area contributed by atoms with Gasteiger partial charge < -0.3 is 0 Å². The van der Waals surface area contributed by atoms with E-state index in [0.717, 1.165) is 6.42 Å². The summed E-state index contributed by atoms with van der Waals surface area (Å²) in [5.74, 6) is 1.18. The lowest BCUT2D eigenvalue weighted by molar-refractivity contribution is -0.119. The van der Waals surface area contributed by atoms with Crippen molar-refractivity contribution in [1.29, 1.82) is 0 Å². The Bertz CT molecular complexity index is 449. The molecule has 0 aromatic heterocycles. The summed E-state index contributed by atoms with van der Waals surface area (Å²) in [6.45, 7) is 0. The van der Waals surface area contributed by atoms with Crippen molar-refractivity contribution >= 4 is 17.5 Å². The summed E-state index contributed by atoms with van der Waals surface area (Å²) in [4.78, 5) is 14.5. The Kier molecular flexibility index (Phi) is 3.06. The zero-order valence-corrected chi connectivity index (χ0v) is 10.6. The Morgan fingerprint density at radius 2 is 1.71 bits per heavy atom. The highest BCUT2D eigenvalue weighted by Gasteiger charge is 2.37. The van der Waals surface area contributed by atoms with Crippen molar-refractivity contribution in [2.75, 3.05) is 0 Å². The predicted octanol–water partition coefficient (Wildman–Crippen LogP) is 4.05. The van der Waals surface area contributed by atoms with E-state index in [1.807, 2.05) is 12.1 Å². The number of hydrogen-bond donors (Lipinski definition) is 0. The molecule has 1 nitrogen and oxygen atoms in total. The first-order chi connectivity index (χ1) is 8.34. The van der Waals surface area contributed by atoms with Gasteiger partial charge in [0, 0.05) is 16.7 Å². The van der Waals surface area contributed by atoms with Crippen molar-refractivity contribution < 1.29 is 4.79 Å². The monoisotopic (exact) mass is 244 g/mol. The molecular formula is C15H16OS. The lowest BCUT2D eigenvalue weighted by atomic mass is 9.81. The van der Waals surface area contributed by atoms with Crippen LogP contribution in [0, 0.1) is 11.8 Å². The lowest BCUT2D eigenvalue weighted by Gasteiger charge is -2.26. The van der Waals surface area contributed by atoms with Gasteiger partial charge in [-0.3, -0.25) is 4.79 Å². The Balaban J connectivity index is 1.79. The Morgan fingerprint density at radius 3 is 2.47 bits per heavy atom. The van der Waals surface area contributed by atoms with Crippen LogP contribution >= 0.6 is 11.8 Å². The highest BCUT2D eigenvalue weighted by molar-refractivity contribution is 8.03. The highest BCUT2D eigenvalue weighted by atomic mass is 32.2. The maximum absolute atomic E-state index is 11.9. The molecule has 0 bridgehead atoms. The molecule has 1 aromatic rings. The third-order valence-electron chi connectivity index (χ3n) is 3.76. The fourth-order valence-corrected chi connectivity index (χ4v) is 4.07. The van der Waals surface area contributed by atoms with E-state index >= 15 is 0 Å². The molecule has 0 N–H and O–H groups in total. The van der Waals surface area contributed by atoms with E-state index in [4.69, 9.17) is 0 Å². The van der Waals surface area contributed by atoms with Gasteiger partial charge in [-0.05, 0) is 36.0 Å². The van der Waals surface area contributed by atoms with Crippen LogP contribution < -0.4 is 0 Å². The largest absolute Gasteiger partial charge is 0.294 e. The molecule has 2 aliphatic carbocycles. The summed E-state index contributed by atoms with van der Waals surface area (Å²) in [7, 11) is 0. The zero-order chi connectivity index (χ0) is 11.7. The summed E-state index contributed by atoms with van der Waals surface area (Å²) in [6, 6.07) is 10.4. The number of thioether (sulfide) groups is 1. The SMILES string of the molecule is O=C1C=C(Sc2ccccc2)C2CCCCC12. The second-order valence-electron chi connectivity index (χ2n) is 4.86. The van der Waals surface area contributed by atoms with Gasteiger partial charge in [0.2, 0.25) is 0 Å². The van der Waals surface area contributed by atoms with E-state index in [1.54, 1.807) is 11.8 Å². The number of fused-ring (bicyclic) bond motifs is 1. The Labute approximate surface area is 106 Å². The Hall–Kier alpha value is -1.02. The van der Waals surface area contributed by atoms with E-state index in [9.17, 15) is 4.79 Å². The van der Waals surface area contributed by atoms with Crippen LogP contribution in [-0.2, 0) is 4.79 Å². The molecule has 0 aliphatic heterocycles. The normalized spacial score (nSPS) is 27.8. The first kappa shape index (κ1) is 11.1. The summed E-state index contributed by atoms with van der Waals surface area (Å²) < 4.78 is 0. The third kappa shape index (κ3) is 2.19. The molecule has 3 rings (SSSR count). The zero-order valence-electron chi connectivity index (χ0n) is 9.76. The first-order valence-corrected chi connectivity index (χ1v) is 7.14. The molecule has 2 heteroatoms. The first-order valence-electron chi connectivity index (χ1n) is 6.33. The summed E-state index contributed by atoms with van der Waals surface area (Å²) in [5.41, 5.74) is 0. The third-order valence-corrected chi connectivity index (χ3v) is 4.92. The van der Waals surface area contributed by atoms with Gasteiger partial charge >= 0.3 is 0 Å². The van der Waals surface area contributed by atoms with Crippen LogP contribution in [0.4, 0.5) is 0 Å². The number of carbonyl (C=O) groups is 1. The lowest BCUT2D eigenvalue weighted by Crippen LogP contribution is -2.20. The average Bonchev–Trinajstić information content (AvgIpc) is 2.69. The van der Waals surface area contributed by atoms with E-state index in [2.05, 4.69) is 24.3 Å². The number of hydrogen-bond acceptors (Lipinski definition) is 2. The summed E-state index contributed by atoms with van der Waals surface area (Å²) >= 11 is 1.78. The van der Waals surface area contributed by atoms with Gasteiger partial charge in [0.25, 0.3) is 0 Å². The van der Waals surface area contributed by atoms with Crippen molar-refractivity contribution in [3.8, 4) is 0 Å². The van der Waals surface area contributed by atoms with E-state index in [1.165, 1.54) is 29.1 Å². The minimum atomic E-state index is 0.301. The molecule has 1 saturated carbocycles. The minimum absolute atomic E-state index is 0.301. The van der Waals surface area contributed by atoms with Gasteiger partial charge in [0.05, 0.1) is 0 Å². The molecule has 0 radical (unpaired) electrons. The summed E-state index contributed by atoms with van der Waals surface area (Å²) in [5, 5.41) is 0. The molecule has 0 saturated heterocycles. The molecule has 1 aromatic carbocycles. The number of carbonyl (C=O) groups excluding carboxylic acids is 1. The number of ketones is 1. The second kappa shape index (κ2) is 4.69. The molecule has 1 fully saturated rings. The van der Waals surface area contributed by atoms with Crippen LogP contribution in [0.25, 0.3) is 0 Å². The number of rotatable bonds is 2. The quantitative estimate of drug-likeness (QED) is 0.780. The second-order valence-corrected chi connectivity index (χ2v) is 6.01. The molecule has 2 atom stereocenters. The molecular weight excluding hydrogens is 228 g/mol. The van der Waals surface area contributed by atoms with E-state index in [0.29, 0.717) is 17.6 Å². The maximum atomic E-state index is 11.9. The Morgan fingerprint density at radius 1 is 1.00 bits per heavy atom. The van der Waals surface area contributed by atoms with Gasteiger partial charge in [0.1, 0.15) is 0 Å². The van der Waals surface area contributed by atoms with Crippen LogP contribution in [0.2, 0.25) is 0 Å². The van der Waals surface area contributed by atoms with Crippen LogP contribution in [0.15, 0.2) is 46.2 Å². The fraction of sp³-hybridized carbons (Fsp3) is 0.400. The number of allylic oxidation sites excluding steroid dienone is 2. The predicted molar refractivity (Wildman–Crippen MR) is 70.8 cm³/mol. The van der Waals surface area contributed by atoms with Crippen LogP contribution in [0.1, 0.15) is 25.7 Å². The minimum Gasteiger partial charge on any atom is -0.294 e. The van der Waals surface area contributed by atoms with Gasteiger partial charge in [-0.1, -0.05) is 42.8 Å². The molecule has 0 heterocycles. The fourth-order valence-electron chi connectivity index (χ4n) is 2.90. The van der Waals surface area contributed by atoms with Crippen molar-refractivity contribution in [3.63, 3.8) is 0 Å². The van der Waals surface area contributed by atoms with Crippen LogP contribution in [-0.4, -0.2) is 5.78 Å². The van der Waals surface area contributed by atoms with Gasteiger partial charge in [-0.25, -0.2) is 0 Å². The van der Waals surface area contributed by atoms with Crippen molar-refractivity contribution in [1.82, 2.24) is 0 Å². The van der Waals surface area contributed by atoms with Gasteiger partial charge in [0.15, 0.2) is 5.78 Å². The standard InChI is InChI=1S/C15H16OS/c16-14-10-15(13-9-5-4-8-12(13)14)17-11-6-2-1-3-7-11/h1-3,6-7,10,12-13H,4-5,8-9H2. The van der Waals surface area contributed by atoms with Crippen molar-refractivity contribution in [3.05, 3.63) is 41.3 Å². The van der Waals surface area contributed by atoms with Crippen molar-refractivity contribution in [2.45, 2.75) is 30.6 Å². The number of benzene rings is 1. The average molecular weight is 244 g/mol. The molecule has 2 aliphatic rings. The van der Waals surface area contributed by atoms with Gasteiger partial charge in [-0.15, -0.1) is 0 Å². The van der Waals surface area contributed by atoms with E-state index in [-0.39, 0.29) is 0 Å². The molecule has 88 valence electrons. The molecule has 0 spiro atoms. The summed E-state index contributed by atoms with van der Waals surface area (Å²) in [6.07, 6.45) is 6.70. The van der Waals surface area contributed by atoms with Crippen LogP contribution in [0.5, 0.6) is 0 Å². The molecule has 0 amide bonds. The van der Waals surface area contributed by atoms with E-state index < -0.39 is 0 Å². The topological polar surface area (TPSA) is 17.1 Å². The van der Waals surface area contributed by atoms with Crippen molar-refractivity contribution in [2.24, 2.45) is 11.8 Å². The van der Waals surface area contributed by atoms with Crippen LogP contribution in [0.3, 0.4) is 0 Å². The molecule has 17 heavy (non-hydrogen) atoms. The molecule has 2 unspecified atom stereocenters. The highest BCUT2D eigenvalue weighted by Crippen LogP contribution is 2.46. The smallest absolute Gasteiger partial charge is 0.160 e.